The predicted molar refractivity (Wildman–Crippen MR) is 67.3 cm³/mol. The van der Waals surface area contributed by atoms with Crippen LogP contribution in [0.15, 0.2) is 22.7 Å². The maximum Gasteiger partial charge on any atom is 0.137 e. The Balaban J connectivity index is 2.72. The Bertz CT molecular complexity index is 314. The highest BCUT2D eigenvalue weighted by atomic mass is 79.9. The monoisotopic (exact) mass is 271 g/mol. The summed E-state index contributed by atoms with van der Waals surface area (Å²) in [5.41, 5.74) is 1.19. The van der Waals surface area contributed by atoms with Crippen LogP contribution in [-0.4, -0.2) is 13.2 Å². The minimum Gasteiger partial charge on any atom is -0.495 e. The Morgan fingerprint density at radius 2 is 2.20 bits per heavy atom. The second kappa shape index (κ2) is 6.13. The molecule has 0 aliphatic rings. The number of ether oxygens (including phenoxy) is 1. The molecule has 0 spiro atoms. The van der Waals surface area contributed by atoms with Crippen LogP contribution in [0.25, 0.3) is 0 Å². The van der Waals surface area contributed by atoms with Gasteiger partial charge in [0.05, 0.1) is 11.6 Å². The molecule has 1 aromatic rings. The topological polar surface area (TPSA) is 21.3 Å². The lowest BCUT2D eigenvalue weighted by atomic mass is 10.2. The number of nitrogens with one attached hydrogen (secondary N) is 1. The molecule has 0 aliphatic heterocycles. The summed E-state index contributed by atoms with van der Waals surface area (Å²) < 4.78 is 6.36. The Hall–Kier alpha value is -0.540. The average molecular weight is 272 g/mol. The van der Waals surface area contributed by atoms with Crippen LogP contribution >= 0.6 is 15.9 Å². The zero-order chi connectivity index (χ0) is 11.3. The molecule has 0 amide bonds. The fraction of sp³-hybridized carbons (Fsp3) is 0.500. The minimum absolute atomic E-state index is 0.536. The van der Waals surface area contributed by atoms with Crippen LogP contribution in [0, 0.1) is 0 Å². The molecule has 0 saturated heterocycles. The third kappa shape index (κ3) is 3.50. The van der Waals surface area contributed by atoms with Crippen molar-refractivity contribution >= 4 is 15.9 Å². The molecule has 1 unspecified atom stereocenters. The van der Waals surface area contributed by atoms with E-state index in [-0.39, 0.29) is 0 Å². The van der Waals surface area contributed by atoms with Gasteiger partial charge in [0.1, 0.15) is 5.75 Å². The number of rotatable bonds is 5. The molecule has 15 heavy (non-hydrogen) atoms. The highest BCUT2D eigenvalue weighted by Gasteiger charge is 2.07. The van der Waals surface area contributed by atoms with Crippen molar-refractivity contribution in [3.63, 3.8) is 0 Å². The molecule has 0 aliphatic carbocycles. The first-order valence-corrected chi connectivity index (χ1v) is 6.03. The largest absolute Gasteiger partial charge is 0.495 e. The van der Waals surface area contributed by atoms with E-state index in [1.165, 1.54) is 5.56 Å². The lowest BCUT2D eigenvalue weighted by Gasteiger charge is -2.14. The average Bonchev–Trinajstić information content (AvgIpc) is 2.25. The number of methoxy groups -OCH3 is 1. The number of para-hydroxylation sites is 1. The van der Waals surface area contributed by atoms with Crippen molar-refractivity contribution in [3.05, 3.63) is 28.2 Å². The first-order chi connectivity index (χ1) is 7.19. The molecule has 1 N–H and O–H groups in total. The third-order valence-corrected chi connectivity index (χ3v) is 3.13. The normalized spacial score (nSPS) is 12.5. The van der Waals surface area contributed by atoms with E-state index in [1.807, 2.05) is 12.1 Å². The van der Waals surface area contributed by atoms with Gasteiger partial charge in [0.25, 0.3) is 0 Å². The van der Waals surface area contributed by atoms with Gasteiger partial charge in [-0.3, -0.25) is 0 Å². The molecule has 0 fully saturated rings. The van der Waals surface area contributed by atoms with Gasteiger partial charge in [-0.2, -0.15) is 0 Å². The van der Waals surface area contributed by atoms with Gasteiger partial charge in [0.2, 0.25) is 0 Å². The standard InChI is InChI=1S/C12H18BrNO/c1-4-9(2)14-8-10-6-5-7-11(13)12(10)15-3/h5-7,9,14H,4,8H2,1-3H3. The minimum atomic E-state index is 0.536. The van der Waals surface area contributed by atoms with Gasteiger partial charge in [-0.15, -0.1) is 0 Å². The van der Waals surface area contributed by atoms with Crippen LogP contribution in [0.3, 0.4) is 0 Å². The van der Waals surface area contributed by atoms with Crippen LogP contribution in [0.4, 0.5) is 0 Å². The highest BCUT2D eigenvalue weighted by Crippen LogP contribution is 2.28. The Labute approximate surface area is 100 Å². The maximum atomic E-state index is 5.36. The first kappa shape index (κ1) is 12.5. The third-order valence-electron chi connectivity index (χ3n) is 2.51. The molecule has 0 aromatic heterocycles. The predicted octanol–water partition coefficient (Wildman–Crippen LogP) is 3.35. The van der Waals surface area contributed by atoms with Crippen molar-refractivity contribution < 1.29 is 4.74 Å². The summed E-state index contributed by atoms with van der Waals surface area (Å²) in [5, 5.41) is 3.45. The quantitative estimate of drug-likeness (QED) is 0.887. The molecule has 0 radical (unpaired) electrons. The molecular formula is C12H18BrNO. The summed E-state index contributed by atoms with van der Waals surface area (Å²) in [7, 11) is 1.70. The summed E-state index contributed by atoms with van der Waals surface area (Å²) in [6.07, 6.45) is 1.14. The van der Waals surface area contributed by atoms with Gasteiger partial charge in [0, 0.05) is 18.2 Å². The van der Waals surface area contributed by atoms with Crippen molar-refractivity contribution in [1.82, 2.24) is 5.32 Å². The van der Waals surface area contributed by atoms with E-state index in [2.05, 4.69) is 41.2 Å². The number of hydrogen-bond acceptors (Lipinski definition) is 2. The number of benzene rings is 1. The molecule has 1 aromatic carbocycles. The van der Waals surface area contributed by atoms with Crippen LogP contribution in [0.1, 0.15) is 25.8 Å². The first-order valence-electron chi connectivity index (χ1n) is 5.23. The molecule has 0 bridgehead atoms. The number of hydrogen-bond donors (Lipinski definition) is 1. The zero-order valence-corrected chi connectivity index (χ0v) is 11.1. The van der Waals surface area contributed by atoms with Crippen LogP contribution in [0.5, 0.6) is 5.75 Å². The van der Waals surface area contributed by atoms with E-state index in [4.69, 9.17) is 4.74 Å². The van der Waals surface area contributed by atoms with E-state index in [1.54, 1.807) is 7.11 Å². The molecule has 0 heterocycles. The van der Waals surface area contributed by atoms with Crippen LogP contribution in [-0.2, 0) is 6.54 Å². The van der Waals surface area contributed by atoms with Crippen molar-refractivity contribution in [2.75, 3.05) is 7.11 Å². The van der Waals surface area contributed by atoms with Gasteiger partial charge >= 0.3 is 0 Å². The summed E-state index contributed by atoms with van der Waals surface area (Å²) in [6, 6.07) is 6.64. The maximum absolute atomic E-state index is 5.36. The van der Waals surface area contributed by atoms with E-state index in [0.29, 0.717) is 6.04 Å². The molecule has 84 valence electrons. The van der Waals surface area contributed by atoms with Gasteiger partial charge in [-0.1, -0.05) is 19.1 Å². The molecular weight excluding hydrogens is 254 g/mol. The van der Waals surface area contributed by atoms with E-state index >= 15 is 0 Å². The van der Waals surface area contributed by atoms with Gasteiger partial charge < -0.3 is 10.1 Å². The van der Waals surface area contributed by atoms with Gasteiger partial charge in [-0.25, -0.2) is 0 Å². The summed E-state index contributed by atoms with van der Waals surface area (Å²) in [5.74, 6) is 0.924. The number of halogens is 1. The summed E-state index contributed by atoms with van der Waals surface area (Å²) >= 11 is 3.48. The second-order valence-electron chi connectivity index (χ2n) is 3.62. The Morgan fingerprint density at radius 3 is 2.80 bits per heavy atom. The summed E-state index contributed by atoms with van der Waals surface area (Å²) in [6.45, 7) is 5.21. The molecule has 1 rings (SSSR count). The fourth-order valence-corrected chi connectivity index (χ4v) is 1.92. The van der Waals surface area contributed by atoms with Gasteiger partial charge in [0.15, 0.2) is 0 Å². The van der Waals surface area contributed by atoms with Gasteiger partial charge in [-0.05, 0) is 35.3 Å². The van der Waals surface area contributed by atoms with Crippen molar-refractivity contribution in [3.8, 4) is 5.75 Å². The van der Waals surface area contributed by atoms with Crippen LogP contribution < -0.4 is 10.1 Å². The van der Waals surface area contributed by atoms with Crippen molar-refractivity contribution in [2.45, 2.75) is 32.9 Å². The van der Waals surface area contributed by atoms with E-state index < -0.39 is 0 Å². The fourth-order valence-electron chi connectivity index (χ4n) is 1.35. The smallest absolute Gasteiger partial charge is 0.137 e. The van der Waals surface area contributed by atoms with E-state index in [0.717, 1.165) is 23.2 Å². The van der Waals surface area contributed by atoms with Crippen molar-refractivity contribution in [1.29, 1.82) is 0 Å². The molecule has 2 nitrogen and oxygen atoms in total. The lowest BCUT2D eigenvalue weighted by molar-refractivity contribution is 0.402. The second-order valence-corrected chi connectivity index (χ2v) is 4.48. The van der Waals surface area contributed by atoms with E-state index in [9.17, 15) is 0 Å². The molecule has 1 atom stereocenters. The molecule has 0 saturated carbocycles. The van der Waals surface area contributed by atoms with Crippen LogP contribution in [0.2, 0.25) is 0 Å². The van der Waals surface area contributed by atoms with Crippen molar-refractivity contribution in [2.24, 2.45) is 0 Å². The highest BCUT2D eigenvalue weighted by molar-refractivity contribution is 9.10. The summed E-state index contributed by atoms with van der Waals surface area (Å²) in [4.78, 5) is 0. The lowest BCUT2D eigenvalue weighted by Crippen LogP contribution is -2.24. The SMILES string of the molecule is CCC(C)NCc1cccc(Br)c1OC. The Kier molecular flexibility index (Phi) is 5.12. The molecule has 3 heteroatoms. The Morgan fingerprint density at radius 1 is 1.47 bits per heavy atom. The zero-order valence-electron chi connectivity index (χ0n) is 9.51.